The van der Waals surface area contributed by atoms with Crippen molar-refractivity contribution in [3.05, 3.63) is 17.7 Å². The van der Waals surface area contributed by atoms with Gasteiger partial charge in [0.25, 0.3) is 0 Å². The van der Waals surface area contributed by atoms with Gasteiger partial charge in [-0.1, -0.05) is 0 Å². The Hall–Kier alpha value is -1.77. The van der Waals surface area contributed by atoms with E-state index in [4.69, 9.17) is 19.9 Å². The van der Waals surface area contributed by atoms with Gasteiger partial charge in [-0.05, 0) is 12.1 Å². The van der Waals surface area contributed by atoms with Gasteiger partial charge in [0, 0.05) is 5.56 Å². The predicted octanol–water partition coefficient (Wildman–Crippen LogP) is 2.91. The molecule has 0 aliphatic rings. The second-order valence-electron chi connectivity index (χ2n) is 4.02. The first-order valence-corrected chi connectivity index (χ1v) is 5.60. The number of alkyl halides is 5. The van der Waals surface area contributed by atoms with Gasteiger partial charge in [0.05, 0.1) is 21.3 Å². The van der Waals surface area contributed by atoms with Crippen LogP contribution in [0.5, 0.6) is 17.2 Å². The maximum absolute atomic E-state index is 13.4. The maximum atomic E-state index is 13.4. The summed E-state index contributed by atoms with van der Waals surface area (Å²) in [6.45, 7) is 0. The van der Waals surface area contributed by atoms with E-state index in [1.807, 2.05) is 0 Å². The zero-order chi connectivity index (χ0) is 16.4. The van der Waals surface area contributed by atoms with Gasteiger partial charge >= 0.3 is 12.1 Å². The minimum atomic E-state index is -5.79. The number of hydrogen-bond donors (Lipinski definition) is 1. The van der Waals surface area contributed by atoms with Crippen LogP contribution in [0.2, 0.25) is 0 Å². The molecule has 1 atom stereocenters. The van der Waals surface area contributed by atoms with Gasteiger partial charge in [-0.15, -0.1) is 0 Å². The van der Waals surface area contributed by atoms with Crippen LogP contribution in [0.4, 0.5) is 22.0 Å². The lowest BCUT2D eigenvalue weighted by Crippen LogP contribution is -2.46. The summed E-state index contributed by atoms with van der Waals surface area (Å²) in [5.74, 6) is -5.47. The van der Waals surface area contributed by atoms with Gasteiger partial charge in [-0.3, -0.25) is 0 Å². The van der Waals surface area contributed by atoms with Crippen molar-refractivity contribution in [2.24, 2.45) is 5.73 Å². The minimum Gasteiger partial charge on any atom is -0.493 e. The Balaban J connectivity index is 3.44. The standard InChI is InChI=1S/C12H14F5NO3/c1-19-7-5-4-6(8(20-2)9(7)21-3)10(18)11(13,14)12(15,16)17/h4-5,10H,18H2,1-3H3/t10-/m0/s1. The van der Waals surface area contributed by atoms with Crippen LogP contribution in [0, 0.1) is 0 Å². The number of ether oxygens (including phenoxy) is 3. The summed E-state index contributed by atoms with van der Waals surface area (Å²) >= 11 is 0. The molecule has 1 rings (SSSR count). The first kappa shape index (κ1) is 17.3. The highest BCUT2D eigenvalue weighted by Crippen LogP contribution is 2.49. The molecule has 1 aromatic rings. The second kappa shape index (κ2) is 5.92. The third-order valence-corrected chi connectivity index (χ3v) is 2.84. The molecule has 4 nitrogen and oxygen atoms in total. The Morgan fingerprint density at radius 1 is 0.905 bits per heavy atom. The molecule has 0 fully saturated rings. The molecule has 0 saturated carbocycles. The normalized spacial score (nSPS) is 13.8. The van der Waals surface area contributed by atoms with E-state index >= 15 is 0 Å². The molecule has 9 heteroatoms. The van der Waals surface area contributed by atoms with Crippen LogP contribution in [-0.2, 0) is 0 Å². The molecule has 1 aromatic carbocycles. The van der Waals surface area contributed by atoms with E-state index in [2.05, 4.69) is 0 Å². The second-order valence-corrected chi connectivity index (χ2v) is 4.02. The van der Waals surface area contributed by atoms with Crippen LogP contribution in [0.3, 0.4) is 0 Å². The smallest absolute Gasteiger partial charge is 0.455 e. The van der Waals surface area contributed by atoms with Crippen molar-refractivity contribution in [1.29, 1.82) is 0 Å². The minimum absolute atomic E-state index is 0.112. The maximum Gasteiger partial charge on any atom is 0.455 e. The van der Waals surface area contributed by atoms with Gasteiger partial charge in [0.15, 0.2) is 11.5 Å². The van der Waals surface area contributed by atoms with E-state index < -0.39 is 23.7 Å². The fourth-order valence-corrected chi connectivity index (χ4v) is 1.74. The van der Waals surface area contributed by atoms with E-state index in [9.17, 15) is 22.0 Å². The lowest BCUT2D eigenvalue weighted by molar-refractivity contribution is -0.291. The fraction of sp³-hybridized carbons (Fsp3) is 0.500. The van der Waals surface area contributed by atoms with Gasteiger partial charge in [0.2, 0.25) is 5.75 Å². The predicted molar refractivity (Wildman–Crippen MR) is 64.0 cm³/mol. The topological polar surface area (TPSA) is 53.7 Å². The number of rotatable bonds is 5. The SMILES string of the molecule is COc1ccc([C@H](N)C(F)(F)C(F)(F)F)c(OC)c1OC. The van der Waals surface area contributed by atoms with Crippen molar-refractivity contribution in [3.63, 3.8) is 0 Å². The third-order valence-electron chi connectivity index (χ3n) is 2.84. The Labute approximate surface area is 117 Å². The van der Waals surface area contributed by atoms with Crippen LogP contribution in [0.25, 0.3) is 0 Å². The molecule has 0 radical (unpaired) electrons. The molecule has 0 heterocycles. The molecular formula is C12H14F5NO3. The molecular weight excluding hydrogens is 301 g/mol. The highest BCUT2D eigenvalue weighted by Gasteiger charge is 2.62. The molecule has 0 unspecified atom stereocenters. The quantitative estimate of drug-likeness (QED) is 0.849. The van der Waals surface area contributed by atoms with E-state index in [-0.39, 0.29) is 17.2 Å². The monoisotopic (exact) mass is 315 g/mol. The highest BCUT2D eigenvalue weighted by atomic mass is 19.4. The lowest BCUT2D eigenvalue weighted by Gasteiger charge is -2.27. The van der Waals surface area contributed by atoms with Crippen molar-refractivity contribution in [1.82, 2.24) is 0 Å². The average Bonchev–Trinajstić information content (AvgIpc) is 2.43. The third kappa shape index (κ3) is 2.97. The summed E-state index contributed by atoms with van der Waals surface area (Å²) in [7, 11) is 3.57. The number of benzene rings is 1. The van der Waals surface area contributed by atoms with Gasteiger partial charge in [-0.25, -0.2) is 0 Å². The zero-order valence-corrected chi connectivity index (χ0v) is 11.4. The Kier molecular flexibility index (Phi) is 4.87. The zero-order valence-electron chi connectivity index (χ0n) is 11.4. The number of halogens is 5. The molecule has 0 spiro atoms. The van der Waals surface area contributed by atoms with E-state index in [0.717, 1.165) is 13.2 Å². The average molecular weight is 315 g/mol. The van der Waals surface area contributed by atoms with Crippen LogP contribution in [0.1, 0.15) is 11.6 Å². The molecule has 120 valence electrons. The summed E-state index contributed by atoms with van der Waals surface area (Å²) < 4.78 is 78.6. The molecule has 0 aliphatic heterocycles. The summed E-state index contributed by atoms with van der Waals surface area (Å²) in [4.78, 5) is 0. The van der Waals surface area contributed by atoms with Gasteiger partial charge < -0.3 is 19.9 Å². The van der Waals surface area contributed by atoms with Crippen LogP contribution in [-0.4, -0.2) is 33.4 Å². The van der Waals surface area contributed by atoms with Gasteiger partial charge in [-0.2, -0.15) is 22.0 Å². The van der Waals surface area contributed by atoms with E-state index in [1.54, 1.807) is 0 Å². The molecule has 0 amide bonds. The Morgan fingerprint density at radius 2 is 1.43 bits per heavy atom. The summed E-state index contributed by atoms with van der Waals surface area (Å²) in [6.07, 6.45) is -5.79. The number of methoxy groups -OCH3 is 3. The van der Waals surface area contributed by atoms with E-state index in [1.165, 1.54) is 20.3 Å². The van der Waals surface area contributed by atoms with E-state index in [0.29, 0.717) is 0 Å². The summed E-state index contributed by atoms with van der Waals surface area (Å²) in [5, 5.41) is 0. The summed E-state index contributed by atoms with van der Waals surface area (Å²) in [6, 6.07) is -0.500. The fourth-order valence-electron chi connectivity index (χ4n) is 1.74. The largest absolute Gasteiger partial charge is 0.493 e. The van der Waals surface area contributed by atoms with Crippen LogP contribution < -0.4 is 19.9 Å². The van der Waals surface area contributed by atoms with Gasteiger partial charge in [0.1, 0.15) is 6.04 Å². The van der Waals surface area contributed by atoms with Crippen molar-refractivity contribution in [2.75, 3.05) is 21.3 Å². The van der Waals surface area contributed by atoms with Crippen LogP contribution >= 0.6 is 0 Å². The van der Waals surface area contributed by atoms with Crippen molar-refractivity contribution in [2.45, 2.75) is 18.1 Å². The molecule has 0 bridgehead atoms. The highest BCUT2D eigenvalue weighted by molar-refractivity contribution is 5.57. The summed E-state index contributed by atoms with van der Waals surface area (Å²) in [5.41, 5.74) is 4.56. The Bertz CT molecular complexity index is 504. The van der Waals surface area contributed by atoms with Crippen molar-refractivity contribution >= 4 is 0 Å². The van der Waals surface area contributed by atoms with Crippen LogP contribution in [0.15, 0.2) is 12.1 Å². The molecule has 2 N–H and O–H groups in total. The number of hydrogen-bond acceptors (Lipinski definition) is 4. The molecule has 0 aliphatic carbocycles. The number of nitrogens with two attached hydrogens (primary N) is 1. The molecule has 0 aromatic heterocycles. The van der Waals surface area contributed by atoms with Crippen molar-refractivity contribution in [3.8, 4) is 17.2 Å². The molecule has 21 heavy (non-hydrogen) atoms. The first-order chi connectivity index (χ1) is 9.61. The Morgan fingerprint density at radius 3 is 1.81 bits per heavy atom. The molecule has 0 saturated heterocycles. The first-order valence-electron chi connectivity index (χ1n) is 5.60. The lowest BCUT2D eigenvalue weighted by atomic mass is 9.99. The van der Waals surface area contributed by atoms with Crippen molar-refractivity contribution < 1.29 is 36.2 Å².